The zero-order valence-electron chi connectivity index (χ0n) is 28.1. The summed E-state index contributed by atoms with van der Waals surface area (Å²) >= 11 is 1.57. The van der Waals surface area contributed by atoms with Crippen molar-refractivity contribution in [1.82, 2.24) is 20.2 Å². The minimum absolute atomic E-state index is 0.00377. The molecule has 0 radical (unpaired) electrons. The smallest absolute Gasteiger partial charge is 0.226 e. The van der Waals surface area contributed by atoms with Crippen molar-refractivity contribution in [3.8, 4) is 22.2 Å². The molecule has 2 aliphatic rings. The van der Waals surface area contributed by atoms with Gasteiger partial charge in [-0.2, -0.15) is 0 Å². The van der Waals surface area contributed by atoms with Gasteiger partial charge in [-0.1, -0.05) is 26.0 Å². The van der Waals surface area contributed by atoms with E-state index in [0.29, 0.717) is 31.1 Å². The Kier molecular flexibility index (Phi) is 10.2. The van der Waals surface area contributed by atoms with Gasteiger partial charge in [-0.05, 0) is 70.4 Å². The van der Waals surface area contributed by atoms with Crippen molar-refractivity contribution >= 4 is 34.1 Å². The molecule has 246 valence electrons. The van der Waals surface area contributed by atoms with Crippen LogP contribution in [0.25, 0.3) is 21.6 Å². The monoisotopic (exact) mass is 644 g/mol. The highest BCUT2D eigenvalue weighted by molar-refractivity contribution is 7.13. The summed E-state index contributed by atoms with van der Waals surface area (Å²) in [6, 6.07) is 5.85. The maximum atomic E-state index is 13.9. The summed E-state index contributed by atoms with van der Waals surface area (Å²) in [5.41, 5.74) is 3.14. The van der Waals surface area contributed by atoms with E-state index in [0.717, 1.165) is 64.3 Å². The van der Waals surface area contributed by atoms with E-state index in [4.69, 9.17) is 19.4 Å². The van der Waals surface area contributed by atoms with Crippen LogP contribution in [0.4, 0.5) is 0 Å². The number of ether oxygens (including phenoxy) is 2. The molecule has 8 nitrogen and oxygen atoms in total. The van der Waals surface area contributed by atoms with E-state index in [9.17, 15) is 9.59 Å². The lowest BCUT2D eigenvalue weighted by Crippen LogP contribution is -2.44. The lowest BCUT2D eigenvalue weighted by atomic mass is 9.93. The van der Waals surface area contributed by atoms with E-state index in [2.05, 4.69) is 37.7 Å². The molecule has 2 aliphatic carbocycles. The number of aromatic nitrogens is 2. The molecule has 2 amide bonds. The lowest BCUT2D eigenvalue weighted by Gasteiger charge is -2.25. The molecular formula is C37H48N4O4S. The van der Waals surface area contributed by atoms with E-state index >= 15 is 0 Å². The first-order valence-corrected chi connectivity index (χ1v) is 17.3. The van der Waals surface area contributed by atoms with Crippen LogP contribution in [0.5, 0.6) is 11.5 Å². The minimum atomic E-state index is -0.488. The van der Waals surface area contributed by atoms with Crippen LogP contribution in [0.1, 0.15) is 76.5 Å². The van der Waals surface area contributed by atoms with Crippen molar-refractivity contribution in [2.45, 2.75) is 83.8 Å². The topological polar surface area (TPSA) is 93.7 Å². The van der Waals surface area contributed by atoms with Gasteiger partial charge in [0.05, 0.1) is 30.2 Å². The van der Waals surface area contributed by atoms with Crippen molar-refractivity contribution in [2.24, 2.45) is 17.8 Å². The van der Waals surface area contributed by atoms with Crippen LogP contribution in [-0.2, 0) is 9.59 Å². The Bertz CT molecular complexity index is 1620. The molecule has 2 fully saturated rings. The SMILES string of the molecule is C=CCCCCN(C)C(=O)[C@@H]1C[C@H](Oc2cc(-c3nc(C(C)C)cs3)nc3c(C)c(OC)ccc23)C[C@H]1C(=O)N[C@]1(C)C[C@H]1C=C. The van der Waals surface area contributed by atoms with Crippen LogP contribution in [-0.4, -0.2) is 59.0 Å². The van der Waals surface area contributed by atoms with E-state index < -0.39 is 11.8 Å². The van der Waals surface area contributed by atoms with Gasteiger partial charge in [0.25, 0.3) is 0 Å². The van der Waals surface area contributed by atoms with Gasteiger partial charge in [0.1, 0.15) is 28.3 Å². The van der Waals surface area contributed by atoms with E-state index in [1.54, 1.807) is 23.3 Å². The number of carbonyl (C=O) groups is 2. The van der Waals surface area contributed by atoms with Gasteiger partial charge in [-0.25, -0.2) is 9.97 Å². The fourth-order valence-electron chi connectivity index (χ4n) is 6.60. The number of carbonyl (C=O) groups excluding carboxylic acids is 2. The molecule has 2 aromatic heterocycles. The number of hydrogen-bond acceptors (Lipinski definition) is 7. The first-order valence-electron chi connectivity index (χ1n) is 16.4. The Morgan fingerprint density at radius 3 is 2.59 bits per heavy atom. The number of pyridine rings is 1. The third kappa shape index (κ3) is 6.99. The van der Waals surface area contributed by atoms with Crippen LogP contribution >= 0.6 is 11.3 Å². The summed E-state index contributed by atoms with van der Waals surface area (Å²) in [6.45, 7) is 16.7. The molecule has 0 bridgehead atoms. The molecule has 0 aliphatic heterocycles. The molecule has 1 aromatic carbocycles. The first-order chi connectivity index (χ1) is 22.0. The van der Waals surface area contributed by atoms with Gasteiger partial charge >= 0.3 is 0 Å². The highest BCUT2D eigenvalue weighted by Gasteiger charge is 2.52. The average molecular weight is 645 g/mol. The number of aryl methyl sites for hydroxylation is 1. The summed E-state index contributed by atoms with van der Waals surface area (Å²) < 4.78 is 12.4. The normalized spacial score (nSPS) is 23.7. The molecule has 3 aromatic rings. The Balaban J connectivity index is 1.46. The number of thiazole rings is 1. The molecule has 0 unspecified atom stereocenters. The number of unbranched alkanes of at least 4 members (excludes halogenated alkanes) is 2. The van der Waals surface area contributed by atoms with Gasteiger partial charge in [0, 0.05) is 47.4 Å². The maximum Gasteiger partial charge on any atom is 0.226 e. The molecule has 1 N–H and O–H groups in total. The lowest BCUT2D eigenvalue weighted by molar-refractivity contribution is -0.140. The van der Waals surface area contributed by atoms with Crippen LogP contribution in [0.3, 0.4) is 0 Å². The summed E-state index contributed by atoms with van der Waals surface area (Å²) in [4.78, 5) is 39.4. The second kappa shape index (κ2) is 14.0. The minimum Gasteiger partial charge on any atom is -0.496 e. The summed E-state index contributed by atoms with van der Waals surface area (Å²) in [7, 11) is 3.50. The zero-order chi connectivity index (χ0) is 33.2. The Labute approximate surface area is 277 Å². The van der Waals surface area contributed by atoms with Gasteiger partial charge in [-0.15, -0.1) is 24.5 Å². The molecule has 0 spiro atoms. The van der Waals surface area contributed by atoms with Crippen molar-refractivity contribution in [3.63, 3.8) is 0 Å². The number of rotatable bonds is 14. The molecule has 5 atom stereocenters. The highest BCUT2D eigenvalue weighted by atomic mass is 32.1. The fraction of sp³-hybridized carbons (Fsp3) is 0.514. The summed E-state index contributed by atoms with van der Waals surface area (Å²) in [5.74, 6) is 0.921. The quantitative estimate of drug-likeness (QED) is 0.145. The van der Waals surface area contributed by atoms with Crippen LogP contribution in [0.15, 0.2) is 48.9 Å². The molecule has 46 heavy (non-hydrogen) atoms. The highest BCUT2D eigenvalue weighted by Crippen LogP contribution is 2.45. The van der Waals surface area contributed by atoms with Gasteiger partial charge in [0.15, 0.2) is 0 Å². The second-order valence-electron chi connectivity index (χ2n) is 13.4. The summed E-state index contributed by atoms with van der Waals surface area (Å²) in [6.07, 6.45) is 8.02. The maximum absolute atomic E-state index is 13.9. The van der Waals surface area contributed by atoms with Crippen molar-refractivity contribution < 1.29 is 19.1 Å². The van der Waals surface area contributed by atoms with Crippen molar-refractivity contribution in [1.29, 1.82) is 0 Å². The zero-order valence-corrected chi connectivity index (χ0v) is 28.9. The fourth-order valence-corrected chi connectivity index (χ4v) is 7.54. The number of amides is 2. The Morgan fingerprint density at radius 1 is 1.17 bits per heavy atom. The summed E-state index contributed by atoms with van der Waals surface area (Å²) in [5, 5.41) is 7.01. The van der Waals surface area contributed by atoms with Gasteiger partial charge in [-0.3, -0.25) is 9.59 Å². The number of fused-ring (bicyclic) bond motifs is 1. The molecule has 2 heterocycles. The van der Waals surface area contributed by atoms with Crippen LogP contribution in [0, 0.1) is 24.7 Å². The largest absolute Gasteiger partial charge is 0.496 e. The number of nitrogens with one attached hydrogen (secondary N) is 1. The number of nitrogens with zero attached hydrogens (tertiary/aromatic N) is 3. The Morgan fingerprint density at radius 2 is 1.93 bits per heavy atom. The standard InChI is InChI=1S/C37H48N4O4S/c1-9-11-12-13-16-41(7)36(43)28-18-25(17-27(28)34(42)40-37(6)20-24(37)10-2)45-32-19-29(35-39-30(21-46-35)22(3)4)38-33-23(5)31(44-8)15-14-26(32)33/h9-10,14-15,19,21-22,24-25,27-28H,1-2,11-13,16-18,20H2,3-8H3,(H,40,42)/t24-,25-,27-,28-,37-/m1/s1. The third-order valence-corrected chi connectivity index (χ3v) is 10.6. The second-order valence-corrected chi connectivity index (χ2v) is 14.3. The van der Waals surface area contributed by atoms with E-state index in [-0.39, 0.29) is 29.4 Å². The molecule has 2 saturated carbocycles. The Hall–Kier alpha value is -3.72. The van der Waals surface area contributed by atoms with Crippen molar-refractivity contribution in [2.75, 3.05) is 20.7 Å². The van der Waals surface area contributed by atoms with Crippen LogP contribution < -0.4 is 14.8 Å². The molecular weight excluding hydrogens is 596 g/mol. The molecule has 0 saturated heterocycles. The van der Waals surface area contributed by atoms with E-state index in [1.807, 2.05) is 51.2 Å². The number of allylic oxidation sites excluding steroid dienone is 1. The van der Waals surface area contributed by atoms with Crippen LogP contribution in [0.2, 0.25) is 0 Å². The number of hydrogen-bond donors (Lipinski definition) is 1. The van der Waals surface area contributed by atoms with E-state index in [1.165, 1.54) is 0 Å². The van der Waals surface area contributed by atoms with Gasteiger partial charge in [0.2, 0.25) is 11.8 Å². The predicted octanol–water partition coefficient (Wildman–Crippen LogP) is 7.47. The number of methoxy groups -OCH3 is 1. The molecule has 5 rings (SSSR count). The third-order valence-electron chi connectivity index (χ3n) is 9.69. The first kappa shape index (κ1) is 33.6. The molecule has 9 heteroatoms. The van der Waals surface area contributed by atoms with Gasteiger partial charge < -0.3 is 19.7 Å². The average Bonchev–Trinajstić information content (AvgIpc) is 3.35. The predicted molar refractivity (Wildman–Crippen MR) is 185 cm³/mol. The number of benzene rings is 1. The van der Waals surface area contributed by atoms with Crippen molar-refractivity contribution in [3.05, 3.63) is 60.1 Å².